The van der Waals surface area contributed by atoms with Crippen LogP contribution in [0, 0.1) is 12.8 Å². The monoisotopic (exact) mass is 441 g/mol. The molecule has 0 saturated heterocycles. The number of nitrogens with one attached hydrogen (secondary N) is 2. The molecule has 4 nitrogen and oxygen atoms in total. The molecule has 2 N–H and O–H groups in total. The number of halogens is 4. The lowest BCUT2D eigenvalue weighted by Crippen LogP contribution is -2.39. The molecule has 0 aliphatic heterocycles. The molecule has 1 heterocycles. The van der Waals surface area contributed by atoms with Crippen LogP contribution in [-0.2, 0) is 11.0 Å². The van der Waals surface area contributed by atoms with Crippen LogP contribution in [0.3, 0.4) is 0 Å². The maximum atomic E-state index is 12.8. The van der Waals surface area contributed by atoms with Gasteiger partial charge >= 0.3 is 6.18 Å². The number of fused-ring (bicyclic) bond motifs is 1. The van der Waals surface area contributed by atoms with E-state index in [0.29, 0.717) is 5.69 Å². The summed E-state index contributed by atoms with van der Waals surface area (Å²) in [7, 11) is 0. The second kappa shape index (κ2) is 8.20. The van der Waals surface area contributed by atoms with Crippen LogP contribution in [0.5, 0.6) is 0 Å². The number of hydrogen-bond donors (Lipinski definition) is 2. The summed E-state index contributed by atoms with van der Waals surface area (Å²) in [6, 6.07) is 7.77. The summed E-state index contributed by atoms with van der Waals surface area (Å²) in [5, 5.41) is 6.66. The molecule has 3 rings (SSSR count). The highest BCUT2D eigenvalue weighted by Crippen LogP contribution is 2.34. The molecule has 9 heteroatoms. The lowest BCUT2D eigenvalue weighted by molar-refractivity contribution is -0.137. The van der Waals surface area contributed by atoms with E-state index in [1.165, 1.54) is 17.4 Å². The van der Waals surface area contributed by atoms with Crippen molar-refractivity contribution in [1.29, 1.82) is 0 Å². The molecule has 0 fully saturated rings. The van der Waals surface area contributed by atoms with Gasteiger partial charge in [-0.3, -0.25) is 4.79 Å². The molecule has 0 saturated carbocycles. The van der Waals surface area contributed by atoms with Crippen LogP contribution in [0.25, 0.3) is 10.2 Å². The van der Waals surface area contributed by atoms with Crippen LogP contribution in [-0.4, -0.2) is 16.9 Å². The predicted molar refractivity (Wildman–Crippen MR) is 112 cm³/mol. The predicted octanol–water partition coefficient (Wildman–Crippen LogP) is 6.35. The second-order valence-corrected chi connectivity index (χ2v) is 8.61. The van der Waals surface area contributed by atoms with E-state index in [0.717, 1.165) is 27.4 Å². The number of alkyl halides is 3. The summed E-state index contributed by atoms with van der Waals surface area (Å²) in [5.41, 5.74) is 0.909. The number of anilines is 2. The van der Waals surface area contributed by atoms with Crippen molar-refractivity contribution >= 4 is 50.4 Å². The Balaban J connectivity index is 1.79. The van der Waals surface area contributed by atoms with E-state index in [2.05, 4.69) is 15.6 Å². The van der Waals surface area contributed by atoms with E-state index >= 15 is 0 Å². The minimum absolute atomic E-state index is 0.0974. The number of hydrogen-bond acceptors (Lipinski definition) is 4. The topological polar surface area (TPSA) is 54.0 Å². The van der Waals surface area contributed by atoms with E-state index in [1.807, 2.05) is 32.9 Å². The fraction of sp³-hybridized carbons (Fsp3) is 0.300. The largest absolute Gasteiger partial charge is 0.416 e. The first-order chi connectivity index (χ1) is 13.5. The van der Waals surface area contributed by atoms with Crippen LogP contribution in [0.15, 0.2) is 36.4 Å². The molecule has 0 spiro atoms. The molecule has 1 amide bonds. The quantitative estimate of drug-likeness (QED) is 0.485. The number of aryl methyl sites for hydroxylation is 1. The molecule has 0 radical (unpaired) electrons. The Bertz CT molecular complexity index is 1050. The van der Waals surface area contributed by atoms with Crippen molar-refractivity contribution in [2.24, 2.45) is 5.92 Å². The van der Waals surface area contributed by atoms with Crippen molar-refractivity contribution in [2.75, 3.05) is 10.6 Å². The fourth-order valence-electron chi connectivity index (χ4n) is 2.85. The number of nitrogens with zero attached hydrogens (tertiary/aromatic N) is 1. The SMILES string of the molecule is Cc1nc2ccc(NC(=O)[C@H](Nc3ccc(C(F)(F)F)cc3Cl)C(C)C)cc2s1. The highest BCUT2D eigenvalue weighted by atomic mass is 35.5. The van der Waals surface area contributed by atoms with Gasteiger partial charge in [-0.2, -0.15) is 13.2 Å². The van der Waals surface area contributed by atoms with Crippen LogP contribution in [0.1, 0.15) is 24.4 Å². The number of carbonyl (C=O) groups excluding carboxylic acids is 1. The van der Waals surface area contributed by atoms with Gasteiger partial charge in [0.05, 0.1) is 31.5 Å². The van der Waals surface area contributed by atoms with E-state index in [-0.39, 0.29) is 22.5 Å². The minimum Gasteiger partial charge on any atom is -0.372 e. The zero-order chi connectivity index (χ0) is 21.3. The van der Waals surface area contributed by atoms with E-state index in [4.69, 9.17) is 11.6 Å². The smallest absolute Gasteiger partial charge is 0.372 e. The molecule has 0 aliphatic rings. The molecule has 0 aliphatic carbocycles. The molecule has 0 unspecified atom stereocenters. The third-order valence-electron chi connectivity index (χ3n) is 4.32. The summed E-state index contributed by atoms with van der Waals surface area (Å²) in [4.78, 5) is 17.2. The summed E-state index contributed by atoms with van der Waals surface area (Å²) >= 11 is 7.55. The maximum absolute atomic E-state index is 12.8. The molecule has 29 heavy (non-hydrogen) atoms. The van der Waals surface area contributed by atoms with Crippen LogP contribution < -0.4 is 10.6 Å². The Kier molecular flexibility index (Phi) is 6.05. The molecule has 2 aromatic carbocycles. The fourth-order valence-corrected chi connectivity index (χ4v) is 3.95. The van der Waals surface area contributed by atoms with Crippen molar-refractivity contribution in [1.82, 2.24) is 4.98 Å². The summed E-state index contributed by atoms with van der Waals surface area (Å²) < 4.78 is 39.4. The number of carbonyl (C=O) groups is 1. The number of amides is 1. The average molecular weight is 442 g/mol. The Morgan fingerprint density at radius 3 is 2.52 bits per heavy atom. The van der Waals surface area contributed by atoms with Gasteiger partial charge in [-0.05, 0) is 49.2 Å². The molecule has 3 aromatic rings. The van der Waals surface area contributed by atoms with Crippen LogP contribution >= 0.6 is 22.9 Å². The van der Waals surface area contributed by atoms with E-state index in [1.54, 1.807) is 6.07 Å². The molecule has 154 valence electrons. The lowest BCUT2D eigenvalue weighted by atomic mass is 10.0. The van der Waals surface area contributed by atoms with Crippen molar-refractivity contribution in [3.63, 3.8) is 0 Å². The van der Waals surface area contributed by atoms with E-state index in [9.17, 15) is 18.0 Å². The number of rotatable bonds is 5. The van der Waals surface area contributed by atoms with Gasteiger partial charge in [0.15, 0.2) is 0 Å². The highest BCUT2D eigenvalue weighted by molar-refractivity contribution is 7.18. The van der Waals surface area contributed by atoms with Gasteiger partial charge in [0, 0.05) is 5.69 Å². The van der Waals surface area contributed by atoms with Gasteiger partial charge in [-0.1, -0.05) is 25.4 Å². The standard InChI is InChI=1S/C20H19ClF3N3OS/c1-10(2)18(27-15-6-4-12(8-14(15)21)20(22,23)24)19(28)26-13-5-7-16-17(9-13)29-11(3)25-16/h4-10,18,27H,1-3H3,(H,26,28)/t18-/m1/s1. The number of benzene rings is 2. The van der Waals surface area contributed by atoms with Gasteiger partial charge < -0.3 is 10.6 Å². The lowest BCUT2D eigenvalue weighted by Gasteiger charge is -2.23. The molecule has 1 aromatic heterocycles. The van der Waals surface area contributed by atoms with Gasteiger partial charge in [0.2, 0.25) is 5.91 Å². The Labute approximate surface area is 175 Å². The first kappa shape index (κ1) is 21.4. The molecule has 0 bridgehead atoms. The summed E-state index contributed by atoms with van der Waals surface area (Å²) in [6.45, 7) is 5.59. The second-order valence-electron chi connectivity index (χ2n) is 6.96. The van der Waals surface area contributed by atoms with Crippen molar-refractivity contribution in [3.8, 4) is 0 Å². The zero-order valence-electron chi connectivity index (χ0n) is 15.9. The normalized spacial score (nSPS) is 13.0. The van der Waals surface area contributed by atoms with Crippen molar-refractivity contribution in [2.45, 2.75) is 33.0 Å². The van der Waals surface area contributed by atoms with Crippen LogP contribution in [0.4, 0.5) is 24.5 Å². The summed E-state index contributed by atoms with van der Waals surface area (Å²) in [6.07, 6.45) is -4.48. The summed E-state index contributed by atoms with van der Waals surface area (Å²) in [5.74, 6) is -0.445. The molecular formula is C20H19ClF3N3OS. The highest BCUT2D eigenvalue weighted by Gasteiger charge is 2.31. The van der Waals surface area contributed by atoms with Crippen LogP contribution in [0.2, 0.25) is 5.02 Å². The van der Waals surface area contributed by atoms with Gasteiger partial charge in [-0.15, -0.1) is 11.3 Å². The van der Waals surface area contributed by atoms with Gasteiger partial charge in [0.1, 0.15) is 6.04 Å². The maximum Gasteiger partial charge on any atom is 0.416 e. The first-order valence-corrected chi connectivity index (χ1v) is 10.1. The third-order valence-corrected chi connectivity index (χ3v) is 5.57. The van der Waals surface area contributed by atoms with Crippen molar-refractivity contribution < 1.29 is 18.0 Å². The van der Waals surface area contributed by atoms with Gasteiger partial charge in [0.25, 0.3) is 0 Å². The first-order valence-electron chi connectivity index (χ1n) is 8.86. The average Bonchev–Trinajstić information content (AvgIpc) is 2.98. The Morgan fingerprint density at radius 1 is 1.17 bits per heavy atom. The van der Waals surface area contributed by atoms with Gasteiger partial charge in [-0.25, -0.2) is 4.98 Å². The number of thiazole rings is 1. The Hall–Kier alpha value is -2.32. The Morgan fingerprint density at radius 2 is 1.90 bits per heavy atom. The third kappa shape index (κ3) is 5.00. The van der Waals surface area contributed by atoms with E-state index < -0.39 is 17.8 Å². The van der Waals surface area contributed by atoms with Crippen molar-refractivity contribution in [3.05, 3.63) is 52.0 Å². The molecular weight excluding hydrogens is 423 g/mol. The number of aromatic nitrogens is 1. The molecule has 1 atom stereocenters. The zero-order valence-corrected chi connectivity index (χ0v) is 17.5. The minimum atomic E-state index is -4.48.